The van der Waals surface area contributed by atoms with Gasteiger partial charge in [0.2, 0.25) is 0 Å². The van der Waals surface area contributed by atoms with Crippen LogP contribution in [0.25, 0.3) is 0 Å². The fourth-order valence-corrected chi connectivity index (χ4v) is 1.45. The van der Waals surface area contributed by atoms with E-state index < -0.39 is 12.0 Å². The number of aliphatic hydroxyl groups is 1. The number of hydrogen-bond acceptors (Lipinski definition) is 3. The van der Waals surface area contributed by atoms with Crippen molar-refractivity contribution in [1.82, 2.24) is 0 Å². The van der Waals surface area contributed by atoms with E-state index in [9.17, 15) is 4.79 Å². The SMILES string of the molecule is Cc1cccc(CO)c1[C@H](N)C(=O)O. The summed E-state index contributed by atoms with van der Waals surface area (Å²) in [5.74, 6) is -1.09. The lowest BCUT2D eigenvalue weighted by Crippen LogP contribution is -2.23. The minimum absolute atomic E-state index is 0.196. The van der Waals surface area contributed by atoms with Crippen LogP contribution in [-0.2, 0) is 11.4 Å². The van der Waals surface area contributed by atoms with Gasteiger partial charge in [-0.25, -0.2) is 0 Å². The van der Waals surface area contributed by atoms with E-state index in [1.807, 2.05) is 0 Å². The number of benzene rings is 1. The van der Waals surface area contributed by atoms with Crippen LogP contribution in [0.3, 0.4) is 0 Å². The van der Waals surface area contributed by atoms with Gasteiger partial charge in [0, 0.05) is 0 Å². The molecule has 76 valence electrons. The molecule has 0 fully saturated rings. The van der Waals surface area contributed by atoms with Crippen LogP contribution >= 0.6 is 0 Å². The molecular weight excluding hydrogens is 182 g/mol. The molecule has 0 aliphatic rings. The van der Waals surface area contributed by atoms with Crippen LogP contribution in [0, 0.1) is 6.92 Å². The second-order valence-electron chi connectivity index (χ2n) is 3.12. The fourth-order valence-electron chi connectivity index (χ4n) is 1.45. The lowest BCUT2D eigenvalue weighted by molar-refractivity contribution is -0.138. The Morgan fingerprint density at radius 1 is 1.57 bits per heavy atom. The number of hydrogen-bond donors (Lipinski definition) is 3. The summed E-state index contributed by atoms with van der Waals surface area (Å²) in [7, 11) is 0. The van der Waals surface area contributed by atoms with Crippen molar-refractivity contribution >= 4 is 5.97 Å². The van der Waals surface area contributed by atoms with E-state index in [0.29, 0.717) is 11.1 Å². The van der Waals surface area contributed by atoms with E-state index in [1.54, 1.807) is 25.1 Å². The second-order valence-corrected chi connectivity index (χ2v) is 3.12. The molecule has 0 heterocycles. The summed E-state index contributed by atoms with van der Waals surface area (Å²) in [4.78, 5) is 10.7. The van der Waals surface area contributed by atoms with Crippen LogP contribution in [0.1, 0.15) is 22.7 Å². The molecule has 0 spiro atoms. The summed E-state index contributed by atoms with van der Waals surface area (Å²) in [5.41, 5.74) is 7.36. The molecule has 0 bridgehead atoms. The van der Waals surface area contributed by atoms with E-state index in [-0.39, 0.29) is 6.61 Å². The summed E-state index contributed by atoms with van der Waals surface area (Å²) >= 11 is 0. The number of aryl methyl sites for hydroxylation is 1. The lowest BCUT2D eigenvalue weighted by Gasteiger charge is -2.14. The van der Waals surface area contributed by atoms with E-state index in [4.69, 9.17) is 15.9 Å². The summed E-state index contributed by atoms with van der Waals surface area (Å²) in [6.07, 6.45) is 0. The molecule has 1 aromatic rings. The molecule has 0 aliphatic carbocycles. The maximum absolute atomic E-state index is 10.7. The molecule has 0 saturated carbocycles. The average molecular weight is 195 g/mol. The zero-order valence-electron chi connectivity index (χ0n) is 7.90. The van der Waals surface area contributed by atoms with Gasteiger partial charge in [-0.05, 0) is 23.6 Å². The molecule has 4 N–H and O–H groups in total. The van der Waals surface area contributed by atoms with Crippen molar-refractivity contribution in [1.29, 1.82) is 0 Å². The Morgan fingerprint density at radius 3 is 2.71 bits per heavy atom. The molecule has 0 aromatic heterocycles. The van der Waals surface area contributed by atoms with Gasteiger partial charge in [-0.3, -0.25) is 4.79 Å². The number of carboxylic acids is 1. The van der Waals surface area contributed by atoms with Gasteiger partial charge in [0.1, 0.15) is 6.04 Å². The quantitative estimate of drug-likeness (QED) is 0.658. The molecule has 4 heteroatoms. The van der Waals surface area contributed by atoms with Crippen LogP contribution in [0.5, 0.6) is 0 Å². The maximum atomic E-state index is 10.7. The number of nitrogens with two attached hydrogens (primary N) is 1. The molecule has 4 nitrogen and oxygen atoms in total. The largest absolute Gasteiger partial charge is 0.480 e. The standard InChI is InChI=1S/C10H13NO3/c1-6-3-2-4-7(5-12)8(6)9(11)10(13)14/h2-4,9,12H,5,11H2,1H3,(H,13,14)/t9-/m0/s1. The topological polar surface area (TPSA) is 83.5 Å². The summed E-state index contributed by atoms with van der Waals surface area (Å²) in [6, 6.07) is 4.14. The molecule has 0 unspecified atom stereocenters. The van der Waals surface area contributed by atoms with Crippen molar-refractivity contribution in [3.05, 3.63) is 34.9 Å². The molecule has 0 amide bonds. The molecule has 0 aliphatic heterocycles. The van der Waals surface area contributed by atoms with Gasteiger partial charge >= 0.3 is 5.97 Å². The highest BCUT2D eigenvalue weighted by atomic mass is 16.4. The van der Waals surface area contributed by atoms with Crippen LogP contribution in [0.2, 0.25) is 0 Å². The van der Waals surface area contributed by atoms with Crippen molar-refractivity contribution in [2.45, 2.75) is 19.6 Å². The number of rotatable bonds is 3. The van der Waals surface area contributed by atoms with E-state index in [0.717, 1.165) is 5.56 Å². The number of aliphatic carboxylic acids is 1. The van der Waals surface area contributed by atoms with Crippen LogP contribution in [0.15, 0.2) is 18.2 Å². The highest BCUT2D eigenvalue weighted by Gasteiger charge is 2.19. The van der Waals surface area contributed by atoms with Crippen LogP contribution in [0.4, 0.5) is 0 Å². The predicted octanol–water partition coefficient (Wildman–Crippen LogP) is 0.572. The van der Waals surface area contributed by atoms with Crippen molar-refractivity contribution < 1.29 is 15.0 Å². The van der Waals surface area contributed by atoms with Crippen LogP contribution < -0.4 is 5.73 Å². The van der Waals surface area contributed by atoms with Gasteiger partial charge in [0.25, 0.3) is 0 Å². The third kappa shape index (κ3) is 1.92. The van der Waals surface area contributed by atoms with Gasteiger partial charge in [0.05, 0.1) is 6.61 Å². The number of carbonyl (C=O) groups is 1. The van der Waals surface area contributed by atoms with Crippen molar-refractivity contribution in [2.24, 2.45) is 5.73 Å². The monoisotopic (exact) mass is 195 g/mol. The van der Waals surface area contributed by atoms with E-state index in [1.165, 1.54) is 0 Å². The zero-order valence-corrected chi connectivity index (χ0v) is 7.90. The first-order valence-electron chi connectivity index (χ1n) is 4.25. The highest BCUT2D eigenvalue weighted by molar-refractivity contribution is 5.76. The van der Waals surface area contributed by atoms with Crippen LogP contribution in [-0.4, -0.2) is 16.2 Å². The molecule has 0 radical (unpaired) electrons. The smallest absolute Gasteiger partial charge is 0.325 e. The first kappa shape index (κ1) is 10.7. The van der Waals surface area contributed by atoms with Gasteiger partial charge in [-0.15, -0.1) is 0 Å². The summed E-state index contributed by atoms with van der Waals surface area (Å²) < 4.78 is 0. The second kappa shape index (κ2) is 4.21. The van der Waals surface area contributed by atoms with Gasteiger partial charge in [0.15, 0.2) is 0 Å². The summed E-state index contributed by atoms with van der Waals surface area (Å²) in [6.45, 7) is 1.58. The number of carboxylic acid groups (broad SMARTS) is 1. The molecule has 1 rings (SSSR count). The Labute approximate surface area is 82.0 Å². The van der Waals surface area contributed by atoms with Crippen molar-refractivity contribution in [3.8, 4) is 0 Å². The Kier molecular flexibility index (Phi) is 3.22. The Balaban J connectivity index is 3.23. The minimum atomic E-state index is -1.09. The lowest BCUT2D eigenvalue weighted by atomic mass is 9.96. The molecule has 1 aromatic carbocycles. The Bertz CT molecular complexity index is 349. The first-order chi connectivity index (χ1) is 6.57. The van der Waals surface area contributed by atoms with Gasteiger partial charge < -0.3 is 15.9 Å². The molecular formula is C10H13NO3. The molecule has 14 heavy (non-hydrogen) atoms. The molecule has 0 saturated heterocycles. The average Bonchev–Trinajstić information content (AvgIpc) is 2.16. The minimum Gasteiger partial charge on any atom is -0.480 e. The Hall–Kier alpha value is -1.39. The highest BCUT2D eigenvalue weighted by Crippen LogP contribution is 2.20. The van der Waals surface area contributed by atoms with Gasteiger partial charge in [-0.1, -0.05) is 18.2 Å². The van der Waals surface area contributed by atoms with E-state index >= 15 is 0 Å². The summed E-state index contributed by atoms with van der Waals surface area (Å²) in [5, 5.41) is 17.8. The van der Waals surface area contributed by atoms with Crippen molar-refractivity contribution in [2.75, 3.05) is 0 Å². The normalized spacial score (nSPS) is 12.5. The fraction of sp³-hybridized carbons (Fsp3) is 0.300. The predicted molar refractivity (Wildman–Crippen MR) is 51.7 cm³/mol. The third-order valence-electron chi connectivity index (χ3n) is 2.16. The zero-order chi connectivity index (χ0) is 10.7. The van der Waals surface area contributed by atoms with Gasteiger partial charge in [-0.2, -0.15) is 0 Å². The van der Waals surface area contributed by atoms with E-state index in [2.05, 4.69) is 0 Å². The van der Waals surface area contributed by atoms with Crippen molar-refractivity contribution in [3.63, 3.8) is 0 Å². The third-order valence-corrected chi connectivity index (χ3v) is 2.16. The first-order valence-corrected chi connectivity index (χ1v) is 4.25. The maximum Gasteiger partial charge on any atom is 0.325 e. The Morgan fingerprint density at radius 2 is 2.21 bits per heavy atom. The molecule has 1 atom stereocenters. The number of aliphatic hydroxyl groups excluding tert-OH is 1.